The van der Waals surface area contributed by atoms with Crippen LogP contribution >= 0.6 is 0 Å². The van der Waals surface area contributed by atoms with E-state index in [4.69, 9.17) is 5.11 Å². The average molecular weight is 385 g/mol. The zero-order valence-electron chi connectivity index (χ0n) is 15.2. The summed E-state index contributed by atoms with van der Waals surface area (Å²) in [6.07, 6.45) is 3.50. The highest BCUT2D eigenvalue weighted by molar-refractivity contribution is 7.89. The Bertz CT molecular complexity index is 730. The number of aliphatic hydroxyl groups excluding tert-OH is 1. The van der Waals surface area contributed by atoms with Crippen LogP contribution in [0.15, 0.2) is 23.1 Å². The number of hydrogen-bond acceptors (Lipinski definition) is 6. The Labute approximate surface area is 154 Å². The maximum Gasteiger partial charge on any atom is 0.293 e. The van der Waals surface area contributed by atoms with Crippen LogP contribution in [0.2, 0.25) is 0 Å². The summed E-state index contributed by atoms with van der Waals surface area (Å²) in [7, 11) is -3.82. The molecule has 1 aliphatic rings. The van der Waals surface area contributed by atoms with Gasteiger partial charge in [-0.3, -0.25) is 10.1 Å². The monoisotopic (exact) mass is 385 g/mol. The van der Waals surface area contributed by atoms with Gasteiger partial charge in [-0.15, -0.1) is 0 Å². The number of nitro groups is 1. The fourth-order valence-electron chi connectivity index (χ4n) is 3.32. The predicted molar refractivity (Wildman–Crippen MR) is 99.8 cm³/mol. The van der Waals surface area contributed by atoms with E-state index in [9.17, 15) is 18.5 Å². The van der Waals surface area contributed by atoms with Gasteiger partial charge in [-0.2, -0.15) is 0 Å². The lowest BCUT2D eigenvalue weighted by Crippen LogP contribution is -2.37. The molecule has 0 amide bonds. The van der Waals surface area contributed by atoms with E-state index in [1.165, 1.54) is 12.1 Å². The Morgan fingerprint density at radius 3 is 2.50 bits per heavy atom. The van der Waals surface area contributed by atoms with Gasteiger partial charge in [0.05, 0.1) is 16.4 Å². The van der Waals surface area contributed by atoms with Crippen molar-refractivity contribution in [2.45, 2.75) is 50.5 Å². The van der Waals surface area contributed by atoms with Crippen LogP contribution in [-0.2, 0) is 10.0 Å². The number of benzene rings is 1. The highest BCUT2D eigenvalue weighted by Gasteiger charge is 2.27. The van der Waals surface area contributed by atoms with Crippen molar-refractivity contribution >= 4 is 21.4 Å². The maximum atomic E-state index is 12.6. The molecule has 0 heterocycles. The second-order valence-corrected chi connectivity index (χ2v) is 8.50. The van der Waals surface area contributed by atoms with Gasteiger partial charge in [0, 0.05) is 25.2 Å². The number of hydrogen-bond donors (Lipinski definition) is 2. The van der Waals surface area contributed by atoms with Crippen molar-refractivity contribution in [2.24, 2.45) is 5.92 Å². The molecular weight excluding hydrogens is 358 g/mol. The molecule has 0 spiro atoms. The molecule has 2 N–H and O–H groups in total. The summed E-state index contributed by atoms with van der Waals surface area (Å²) in [4.78, 5) is 12.4. The van der Waals surface area contributed by atoms with Gasteiger partial charge in [-0.25, -0.2) is 13.1 Å². The van der Waals surface area contributed by atoms with Crippen molar-refractivity contribution in [3.8, 4) is 0 Å². The van der Waals surface area contributed by atoms with Crippen LogP contribution in [0.25, 0.3) is 0 Å². The highest BCUT2D eigenvalue weighted by Crippen LogP contribution is 2.31. The van der Waals surface area contributed by atoms with Crippen molar-refractivity contribution < 1.29 is 18.4 Å². The van der Waals surface area contributed by atoms with Crippen LogP contribution in [0.4, 0.5) is 11.4 Å². The Morgan fingerprint density at radius 2 is 1.96 bits per heavy atom. The van der Waals surface area contributed by atoms with E-state index < -0.39 is 14.9 Å². The van der Waals surface area contributed by atoms with E-state index >= 15 is 0 Å². The molecule has 1 fully saturated rings. The summed E-state index contributed by atoms with van der Waals surface area (Å²) in [6.45, 7) is 4.52. The molecule has 0 radical (unpaired) electrons. The fourth-order valence-corrected chi connectivity index (χ4v) is 4.64. The van der Waals surface area contributed by atoms with Crippen LogP contribution in [0.1, 0.15) is 39.5 Å². The standard InChI is InChI=1S/C17H27N3O5S/c1-3-19(10-11-21)16-9-8-15(12-17(16)20(22)23)26(24,25)18-14-6-4-13(2)5-7-14/h8-9,12-14,18,21H,3-7,10-11H2,1-2H3. The topological polar surface area (TPSA) is 113 Å². The molecule has 0 aliphatic heterocycles. The van der Waals surface area contributed by atoms with Crippen molar-refractivity contribution in [1.82, 2.24) is 4.72 Å². The molecule has 1 aromatic rings. The first-order chi connectivity index (χ1) is 12.3. The van der Waals surface area contributed by atoms with Crippen molar-refractivity contribution in [3.63, 3.8) is 0 Å². The van der Waals surface area contributed by atoms with Gasteiger partial charge in [0.2, 0.25) is 10.0 Å². The number of nitrogens with one attached hydrogen (secondary N) is 1. The highest BCUT2D eigenvalue weighted by atomic mass is 32.2. The number of anilines is 1. The summed E-state index contributed by atoms with van der Waals surface area (Å²) in [5.74, 6) is 0.600. The number of rotatable bonds is 8. The van der Waals surface area contributed by atoms with Crippen LogP contribution in [-0.4, -0.2) is 44.2 Å². The number of sulfonamides is 1. The van der Waals surface area contributed by atoms with E-state index in [0.717, 1.165) is 31.7 Å². The van der Waals surface area contributed by atoms with E-state index in [-0.39, 0.29) is 29.8 Å². The summed E-state index contributed by atoms with van der Waals surface area (Å²) in [5, 5.41) is 20.6. The predicted octanol–water partition coefficient (Wildman–Crippen LogP) is 2.27. The van der Waals surface area contributed by atoms with Crippen LogP contribution in [0.3, 0.4) is 0 Å². The van der Waals surface area contributed by atoms with Gasteiger partial charge in [0.15, 0.2) is 0 Å². The normalized spacial score (nSPS) is 20.7. The minimum absolute atomic E-state index is 0.105. The first kappa shape index (κ1) is 20.6. The van der Waals surface area contributed by atoms with Gasteiger partial charge in [-0.1, -0.05) is 6.92 Å². The maximum absolute atomic E-state index is 12.6. The smallest absolute Gasteiger partial charge is 0.293 e. The van der Waals surface area contributed by atoms with Crippen LogP contribution in [0.5, 0.6) is 0 Å². The molecular formula is C17H27N3O5S. The lowest BCUT2D eigenvalue weighted by atomic mass is 9.88. The first-order valence-corrected chi connectivity index (χ1v) is 10.4. The van der Waals surface area contributed by atoms with Gasteiger partial charge >= 0.3 is 0 Å². The molecule has 0 atom stereocenters. The lowest BCUT2D eigenvalue weighted by Gasteiger charge is -2.27. The molecule has 0 bridgehead atoms. The van der Waals surface area contributed by atoms with E-state index in [2.05, 4.69) is 11.6 Å². The molecule has 0 aromatic heterocycles. The molecule has 1 saturated carbocycles. The molecule has 2 rings (SSSR count). The van der Waals surface area contributed by atoms with Crippen molar-refractivity contribution in [2.75, 3.05) is 24.6 Å². The summed E-state index contributed by atoms with van der Waals surface area (Å²) in [5.41, 5.74) is 0.0254. The van der Waals surface area contributed by atoms with Gasteiger partial charge in [0.1, 0.15) is 5.69 Å². The number of nitrogens with zero attached hydrogens (tertiary/aromatic N) is 2. The Morgan fingerprint density at radius 1 is 1.31 bits per heavy atom. The molecule has 1 aliphatic carbocycles. The zero-order valence-corrected chi connectivity index (χ0v) is 16.0. The number of likely N-dealkylation sites (N-methyl/N-ethyl adjacent to an activating group) is 1. The Kier molecular flexibility index (Phi) is 6.96. The van der Waals surface area contributed by atoms with Gasteiger partial charge < -0.3 is 10.0 Å². The number of nitro benzene ring substituents is 1. The number of aliphatic hydroxyl groups is 1. The summed E-state index contributed by atoms with van der Waals surface area (Å²) < 4.78 is 28.0. The van der Waals surface area contributed by atoms with E-state index in [0.29, 0.717) is 18.2 Å². The quantitative estimate of drug-likeness (QED) is 0.524. The molecule has 146 valence electrons. The molecule has 0 unspecified atom stereocenters. The Hall–Kier alpha value is -1.71. The first-order valence-electron chi connectivity index (χ1n) is 8.95. The lowest BCUT2D eigenvalue weighted by molar-refractivity contribution is -0.384. The largest absolute Gasteiger partial charge is 0.395 e. The van der Waals surface area contributed by atoms with Crippen molar-refractivity contribution in [3.05, 3.63) is 28.3 Å². The van der Waals surface area contributed by atoms with E-state index in [1.807, 2.05) is 6.92 Å². The molecule has 8 nitrogen and oxygen atoms in total. The van der Waals surface area contributed by atoms with Gasteiger partial charge in [0.25, 0.3) is 5.69 Å². The average Bonchev–Trinajstić information content (AvgIpc) is 2.61. The van der Waals surface area contributed by atoms with Gasteiger partial charge in [-0.05, 0) is 50.7 Å². The minimum Gasteiger partial charge on any atom is -0.395 e. The molecule has 1 aromatic carbocycles. The molecule has 0 saturated heterocycles. The second-order valence-electron chi connectivity index (χ2n) is 6.79. The third-order valence-corrected chi connectivity index (χ3v) is 6.40. The van der Waals surface area contributed by atoms with Crippen LogP contribution in [0, 0.1) is 16.0 Å². The Balaban J connectivity index is 2.28. The summed E-state index contributed by atoms with van der Waals surface area (Å²) >= 11 is 0. The zero-order chi connectivity index (χ0) is 19.3. The molecule has 26 heavy (non-hydrogen) atoms. The third kappa shape index (κ3) is 4.93. The molecule has 9 heteroatoms. The fraction of sp³-hybridized carbons (Fsp3) is 0.647. The summed E-state index contributed by atoms with van der Waals surface area (Å²) in [6, 6.07) is 3.80. The van der Waals surface area contributed by atoms with Crippen LogP contribution < -0.4 is 9.62 Å². The third-order valence-electron chi connectivity index (χ3n) is 4.88. The van der Waals surface area contributed by atoms with Crippen molar-refractivity contribution in [1.29, 1.82) is 0 Å². The second kappa shape index (κ2) is 8.79. The minimum atomic E-state index is -3.82. The van der Waals surface area contributed by atoms with E-state index in [1.54, 1.807) is 4.90 Å². The SMILES string of the molecule is CCN(CCO)c1ccc(S(=O)(=O)NC2CCC(C)CC2)cc1[N+](=O)[O-].